The number of hydrogen-bond donors (Lipinski definition) is 1. The van der Waals surface area contributed by atoms with Crippen LogP contribution in [0.2, 0.25) is 0 Å². The van der Waals surface area contributed by atoms with Gasteiger partial charge in [0.05, 0.1) is 10.2 Å². The molecule has 0 amide bonds. The van der Waals surface area contributed by atoms with Gasteiger partial charge >= 0.3 is 0 Å². The van der Waals surface area contributed by atoms with Crippen LogP contribution >= 0.6 is 27.7 Å². The molecule has 1 heterocycles. The van der Waals surface area contributed by atoms with Crippen molar-refractivity contribution < 1.29 is 5.11 Å². The van der Waals surface area contributed by atoms with E-state index in [0.717, 1.165) is 21.7 Å². The highest BCUT2D eigenvalue weighted by atomic mass is 79.9. The summed E-state index contributed by atoms with van der Waals surface area (Å²) in [6.07, 6.45) is 4.92. The van der Waals surface area contributed by atoms with E-state index >= 15 is 0 Å². The maximum Gasteiger partial charge on any atom is 0.131 e. The Hall–Kier alpha value is -1.13. The fraction of sp³-hybridized carbons (Fsp3) is 0.429. The molecule has 0 bridgehead atoms. The van der Waals surface area contributed by atoms with Gasteiger partial charge in [-0.15, -0.1) is 11.8 Å². The molecule has 0 saturated heterocycles. The van der Waals surface area contributed by atoms with E-state index < -0.39 is 0 Å². The zero-order chi connectivity index (χ0) is 17.9. The monoisotopic (exact) mass is 419 g/mol. The normalized spacial score (nSPS) is 20.2. The minimum absolute atomic E-state index is 0.289. The topological polar surface area (TPSA) is 23.5 Å². The fourth-order valence-electron chi connectivity index (χ4n) is 3.49. The molecule has 0 radical (unpaired) electrons. The number of fused-ring (bicyclic) bond motifs is 1. The third-order valence-electron chi connectivity index (χ3n) is 5.23. The summed E-state index contributed by atoms with van der Waals surface area (Å²) >= 11 is 5.39. The number of halogens is 1. The zero-order valence-corrected chi connectivity index (χ0v) is 17.4. The van der Waals surface area contributed by atoms with Gasteiger partial charge in [-0.3, -0.25) is 0 Å². The molecule has 0 spiro atoms. The molecule has 4 heteroatoms. The molecule has 3 rings (SSSR count). The predicted molar refractivity (Wildman–Crippen MR) is 112 cm³/mol. The predicted octanol–water partition coefficient (Wildman–Crippen LogP) is 6.99. The lowest BCUT2D eigenvalue weighted by molar-refractivity contribution is 0.295. The van der Waals surface area contributed by atoms with Crippen molar-refractivity contribution in [3.63, 3.8) is 0 Å². The van der Waals surface area contributed by atoms with Gasteiger partial charge in [0.25, 0.3) is 0 Å². The van der Waals surface area contributed by atoms with E-state index in [9.17, 15) is 5.11 Å². The van der Waals surface area contributed by atoms with Gasteiger partial charge in [0, 0.05) is 22.9 Å². The maximum absolute atomic E-state index is 10.2. The zero-order valence-electron chi connectivity index (χ0n) is 15.0. The van der Waals surface area contributed by atoms with Crippen molar-refractivity contribution in [3.05, 3.63) is 46.9 Å². The van der Waals surface area contributed by atoms with Crippen LogP contribution in [0.15, 0.2) is 51.8 Å². The maximum atomic E-state index is 10.2. The van der Waals surface area contributed by atoms with Gasteiger partial charge in [-0.1, -0.05) is 44.9 Å². The summed E-state index contributed by atoms with van der Waals surface area (Å²) in [7, 11) is 0. The van der Waals surface area contributed by atoms with Crippen molar-refractivity contribution in [3.8, 4) is 5.75 Å². The van der Waals surface area contributed by atoms with Crippen LogP contribution in [0.4, 0.5) is 11.4 Å². The number of hydrogen-bond acceptors (Lipinski definition) is 3. The van der Waals surface area contributed by atoms with Gasteiger partial charge in [-0.05, 0) is 58.5 Å². The summed E-state index contributed by atoms with van der Waals surface area (Å²) in [5.41, 5.74) is 2.70. The SMILES string of the molecule is CCCCC1(CC)CSc2cc(O)c(Br)cc2N(c2ccccc2)C1. The van der Waals surface area contributed by atoms with Gasteiger partial charge < -0.3 is 10.0 Å². The highest BCUT2D eigenvalue weighted by molar-refractivity contribution is 9.10. The number of nitrogens with zero attached hydrogens (tertiary/aromatic N) is 1. The minimum atomic E-state index is 0.289. The van der Waals surface area contributed by atoms with Gasteiger partial charge in [0.2, 0.25) is 0 Å². The van der Waals surface area contributed by atoms with Crippen LogP contribution in [-0.2, 0) is 0 Å². The van der Waals surface area contributed by atoms with E-state index in [2.05, 4.69) is 71.1 Å². The molecule has 0 fully saturated rings. The molecule has 0 aromatic heterocycles. The lowest BCUT2D eigenvalue weighted by Gasteiger charge is -2.36. The van der Waals surface area contributed by atoms with E-state index in [-0.39, 0.29) is 5.41 Å². The third-order valence-corrected chi connectivity index (χ3v) is 7.25. The summed E-state index contributed by atoms with van der Waals surface area (Å²) in [5.74, 6) is 1.41. The number of phenols is 1. The molecule has 1 aliphatic heterocycles. The Balaban J connectivity index is 2.08. The highest BCUT2D eigenvalue weighted by Crippen LogP contribution is 2.48. The first kappa shape index (κ1) is 18.7. The minimum Gasteiger partial charge on any atom is -0.507 e. The second-order valence-electron chi connectivity index (χ2n) is 6.94. The van der Waals surface area contributed by atoms with Gasteiger partial charge in [-0.25, -0.2) is 0 Å². The Kier molecular flexibility index (Phi) is 6.00. The second-order valence-corrected chi connectivity index (χ2v) is 8.81. The Morgan fingerprint density at radius 1 is 1.20 bits per heavy atom. The van der Waals surface area contributed by atoms with Crippen LogP contribution < -0.4 is 4.90 Å². The van der Waals surface area contributed by atoms with Crippen LogP contribution in [-0.4, -0.2) is 17.4 Å². The molecular weight excluding hydrogens is 394 g/mol. The van der Waals surface area contributed by atoms with Crippen molar-refractivity contribution in [2.24, 2.45) is 5.41 Å². The standard InChI is InChI=1S/C21H26BrNOS/c1-3-5-11-21(4-2)14-23(16-9-7-6-8-10-16)18-12-17(22)19(24)13-20(18)25-15-21/h6-10,12-13,24H,3-5,11,14-15H2,1-2H3. The number of unbranched alkanes of at least 4 members (excludes halogenated alkanes) is 1. The Morgan fingerprint density at radius 3 is 2.64 bits per heavy atom. The number of rotatable bonds is 5. The Bertz CT molecular complexity index is 721. The average molecular weight is 420 g/mol. The van der Waals surface area contributed by atoms with Crippen molar-refractivity contribution in [2.45, 2.75) is 44.4 Å². The summed E-state index contributed by atoms with van der Waals surface area (Å²) in [5, 5.41) is 10.2. The van der Waals surface area contributed by atoms with Crippen LogP contribution in [0.25, 0.3) is 0 Å². The summed E-state index contributed by atoms with van der Waals surface area (Å²) < 4.78 is 0.755. The van der Waals surface area contributed by atoms with E-state index in [1.807, 2.05) is 17.8 Å². The Labute approximate surface area is 163 Å². The van der Waals surface area contributed by atoms with Gasteiger partial charge in [0.1, 0.15) is 5.75 Å². The molecule has 2 aromatic rings. The summed E-state index contributed by atoms with van der Waals surface area (Å²) in [6.45, 7) is 5.61. The number of anilines is 2. The van der Waals surface area contributed by atoms with E-state index in [0.29, 0.717) is 5.75 Å². The first-order chi connectivity index (χ1) is 12.1. The molecule has 2 aromatic carbocycles. The summed E-state index contributed by atoms with van der Waals surface area (Å²) in [6, 6.07) is 14.6. The molecule has 0 aliphatic carbocycles. The molecule has 2 nitrogen and oxygen atoms in total. The molecule has 1 N–H and O–H groups in total. The van der Waals surface area contributed by atoms with Crippen LogP contribution in [0.5, 0.6) is 5.75 Å². The average Bonchev–Trinajstić information content (AvgIpc) is 2.79. The summed E-state index contributed by atoms with van der Waals surface area (Å²) in [4.78, 5) is 3.61. The lowest BCUT2D eigenvalue weighted by Crippen LogP contribution is -2.35. The number of phenolic OH excluding ortho intramolecular Hbond substituents is 1. The number of para-hydroxylation sites is 1. The quantitative estimate of drug-likeness (QED) is 0.564. The molecule has 1 aliphatic rings. The number of thioether (sulfide) groups is 1. The van der Waals surface area contributed by atoms with Crippen LogP contribution in [0.1, 0.15) is 39.5 Å². The Morgan fingerprint density at radius 2 is 1.96 bits per heavy atom. The first-order valence-electron chi connectivity index (χ1n) is 9.06. The third kappa shape index (κ3) is 4.01. The fourth-order valence-corrected chi connectivity index (χ4v) is 5.23. The van der Waals surface area contributed by atoms with Crippen LogP contribution in [0.3, 0.4) is 0 Å². The van der Waals surface area contributed by atoms with Gasteiger partial charge in [-0.2, -0.15) is 0 Å². The van der Waals surface area contributed by atoms with E-state index in [1.54, 1.807) is 0 Å². The van der Waals surface area contributed by atoms with Crippen molar-refractivity contribution >= 4 is 39.1 Å². The van der Waals surface area contributed by atoms with E-state index in [4.69, 9.17) is 0 Å². The largest absolute Gasteiger partial charge is 0.507 e. The lowest BCUT2D eigenvalue weighted by atomic mass is 9.81. The molecule has 134 valence electrons. The number of benzene rings is 2. The molecular formula is C21H26BrNOS. The molecule has 0 saturated carbocycles. The highest BCUT2D eigenvalue weighted by Gasteiger charge is 2.35. The molecule has 25 heavy (non-hydrogen) atoms. The smallest absolute Gasteiger partial charge is 0.131 e. The van der Waals surface area contributed by atoms with Crippen molar-refractivity contribution in [2.75, 3.05) is 17.2 Å². The first-order valence-corrected chi connectivity index (χ1v) is 10.8. The molecule has 1 unspecified atom stereocenters. The van der Waals surface area contributed by atoms with Crippen LogP contribution in [0, 0.1) is 5.41 Å². The van der Waals surface area contributed by atoms with E-state index in [1.165, 1.54) is 37.1 Å². The number of aromatic hydroxyl groups is 1. The van der Waals surface area contributed by atoms with Gasteiger partial charge in [0.15, 0.2) is 0 Å². The molecule has 1 atom stereocenters. The van der Waals surface area contributed by atoms with Crippen molar-refractivity contribution in [1.82, 2.24) is 0 Å². The van der Waals surface area contributed by atoms with Crippen molar-refractivity contribution in [1.29, 1.82) is 0 Å². The second kappa shape index (κ2) is 8.05.